The Kier molecular flexibility index (Phi) is 7.07. The molecule has 0 spiro atoms. The van der Waals surface area contributed by atoms with E-state index < -0.39 is 10.0 Å². The molecule has 2 N–H and O–H groups in total. The van der Waals surface area contributed by atoms with Crippen molar-refractivity contribution in [3.8, 4) is 0 Å². The van der Waals surface area contributed by atoms with Crippen molar-refractivity contribution in [2.75, 3.05) is 19.6 Å². The first-order chi connectivity index (χ1) is 13.5. The third kappa shape index (κ3) is 5.78. The van der Waals surface area contributed by atoms with Crippen LogP contribution in [0.5, 0.6) is 0 Å². The van der Waals surface area contributed by atoms with Gasteiger partial charge in [-0.25, -0.2) is 8.42 Å². The molecule has 0 aromatic heterocycles. The molecule has 1 saturated heterocycles. The molecule has 0 bridgehead atoms. The number of sulfonamides is 1. The number of benzene rings is 1. The first-order valence-corrected chi connectivity index (χ1v) is 11.5. The van der Waals surface area contributed by atoms with Crippen LogP contribution < -0.4 is 10.6 Å². The predicted molar refractivity (Wildman–Crippen MR) is 106 cm³/mol. The maximum Gasteiger partial charge on any atom is 0.243 e. The second-order valence-corrected chi connectivity index (χ2v) is 9.49. The zero-order valence-corrected chi connectivity index (χ0v) is 17.0. The highest BCUT2D eigenvalue weighted by Crippen LogP contribution is 2.28. The van der Waals surface area contributed by atoms with Crippen LogP contribution in [0.1, 0.15) is 50.5 Å². The Morgan fingerprint density at radius 2 is 1.68 bits per heavy atom. The summed E-state index contributed by atoms with van der Waals surface area (Å²) in [5.41, 5.74) is 0.855. The Morgan fingerprint density at radius 1 is 1.00 bits per heavy atom. The van der Waals surface area contributed by atoms with E-state index >= 15 is 0 Å². The van der Waals surface area contributed by atoms with E-state index in [4.69, 9.17) is 0 Å². The Hall–Kier alpha value is -1.93. The summed E-state index contributed by atoms with van der Waals surface area (Å²) in [5, 5.41) is 5.67. The standard InChI is InChI=1S/C20H29N3O4S/c24-19(5-4-12-21-20(25)17-8-9-17)22-15-16-6-10-18(11-7-16)28(26,27)23-13-2-1-3-14-23/h6-7,10-11,17H,1-5,8-9,12-15H2,(H,21,25)(H,22,24). The Morgan fingerprint density at radius 3 is 2.32 bits per heavy atom. The lowest BCUT2D eigenvalue weighted by atomic mass is 10.2. The van der Waals surface area contributed by atoms with Crippen LogP contribution in [0.3, 0.4) is 0 Å². The SMILES string of the molecule is O=C(CCCNC(=O)C1CC1)NCc1ccc(S(=O)(=O)N2CCCCC2)cc1. The van der Waals surface area contributed by atoms with Gasteiger partial charge in [0.2, 0.25) is 21.8 Å². The van der Waals surface area contributed by atoms with E-state index in [-0.39, 0.29) is 17.7 Å². The molecular weight excluding hydrogens is 378 g/mol. The van der Waals surface area contributed by atoms with Gasteiger partial charge in [-0.15, -0.1) is 0 Å². The van der Waals surface area contributed by atoms with Crippen LogP contribution in [0.25, 0.3) is 0 Å². The van der Waals surface area contributed by atoms with Gasteiger partial charge in [-0.2, -0.15) is 4.31 Å². The lowest BCUT2D eigenvalue weighted by Crippen LogP contribution is -2.35. The number of hydrogen-bond acceptors (Lipinski definition) is 4. The fourth-order valence-electron chi connectivity index (χ4n) is 3.27. The fraction of sp³-hybridized carbons (Fsp3) is 0.600. The summed E-state index contributed by atoms with van der Waals surface area (Å²) in [4.78, 5) is 23.7. The second kappa shape index (κ2) is 9.52. The van der Waals surface area contributed by atoms with Gasteiger partial charge in [0.25, 0.3) is 0 Å². The molecule has 1 aromatic carbocycles. The number of carbonyl (C=O) groups excluding carboxylic acids is 2. The molecule has 1 aliphatic carbocycles. The highest BCUT2D eigenvalue weighted by Gasteiger charge is 2.29. The van der Waals surface area contributed by atoms with Crippen LogP contribution in [0.15, 0.2) is 29.2 Å². The van der Waals surface area contributed by atoms with Crippen molar-refractivity contribution in [3.63, 3.8) is 0 Å². The van der Waals surface area contributed by atoms with Crippen molar-refractivity contribution in [2.45, 2.75) is 56.4 Å². The molecule has 0 atom stereocenters. The van der Waals surface area contributed by atoms with Crippen molar-refractivity contribution in [1.82, 2.24) is 14.9 Å². The van der Waals surface area contributed by atoms with Crippen LogP contribution in [0.4, 0.5) is 0 Å². The summed E-state index contributed by atoms with van der Waals surface area (Å²) in [6, 6.07) is 6.71. The number of rotatable bonds is 9. The maximum absolute atomic E-state index is 12.6. The number of carbonyl (C=O) groups is 2. The zero-order chi connectivity index (χ0) is 20.0. The summed E-state index contributed by atoms with van der Waals surface area (Å²) >= 11 is 0. The predicted octanol–water partition coefficient (Wildman–Crippen LogP) is 1.78. The molecule has 0 radical (unpaired) electrons. The van der Waals surface area contributed by atoms with E-state index in [2.05, 4.69) is 10.6 Å². The summed E-state index contributed by atoms with van der Waals surface area (Å²) in [7, 11) is -3.42. The van der Waals surface area contributed by atoms with Crippen molar-refractivity contribution in [3.05, 3.63) is 29.8 Å². The molecule has 2 fully saturated rings. The van der Waals surface area contributed by atoms with Crippen molar-refractivity contribution in [2.24, 2.45) is 5.92 Å². The molecule has 28 heavy (non-hydrogen) atoms. The second-order valence-electron chi connectivity index (χ2n) is 7.55. The monoisotopic (exact) mass is 407 g/mol. The highest BCUT2D eigenvalue weighted by molar-refractivity contribution is 7.89. The molecule has 2 aliphatic rings. The largest absolute Gasteiger partial charge is 0.356 e. The molecular formula is C20H29N3O4S. The Balaban J connectivity index is 1.40. The molecule has 1 aromatic rings. The first kappa shape index (κ1) is 20.8. The number of nitrogens with one attached hydrogen (secondary N) is 2. The Bertz CT molecular complexity index is 782. The molecule has 3 rings (SSSR count). The van der Waals surface area contributed by atoms with Gasteiger partial charge in [0.1, 0.15) is 0 Å². The summed E-state index contributed by atoms with van der Waals surface area (Å²) < 4.78 is 26.8. The molecule has 1 heterocycles. The fourth-order valence-corrected chi connectivity index (χ4v) is 4.79. The van der Waals surface area contributed by atoms with E-state index in [9.17, 15) is 18.0 Å². The molecule has 1 aliphatic heterocycles. The number of amides is 2. The molecule has 8 heteroatoms. The lowest BCUT2D eigenvalue weighted by molar-refractivity contribution is -0.123. The maximum atomic E-state index is 12.6. The summed E-state index contributed by atoms with van der Waals surface area (Å²) in [6.07, 6.45) is 5.82. The minimum absolute atomic E-state index is 0.0781. The van der Waals surface area contributed by atoms with Gasteiger partial charge in [-0.1, -0.05) is 18.6 Å². The Labute approximate surface area is 166 Å². The number of nitrogens with zero attached hydrogens (tertiary/aromatic N) is 1. The van der Waals surface area contributed by atoms with Gasteiger partial charge in [-0.3, -0.25) is 9.59 Å². The van der Waals surface area contributed by atoms with Gasteiger partial charge >= 0.3 is 0 Å². The van der Waals surface area contributed by atoms with Gasteiger partial charge in [0.15, 0.2) is 0 Å². The van der Waals surface area contributed by atoms with Gasteiger partial charge in [0, 0.05) is 38.5 Å². The smallest absolute Gasteiger partial charge is 0.243 e. The van der Waals surface area contributed by atoms with E-state index in [1.807, 2.05) is 0 Å². The minimum atomic E-state index is -3.42. The third-order valence-corrected chi connectivity index (χ3v) is 7.11. The van der Waals surface area contributed by atoms with Crippen molar-refractivity contribution in [1.29, 1.82) is 0 Å². The van der Waals surface area contributed by atoms with Crippen molar-refractivity contribution >= 4 is 21.8 Å². The number of hydrogen-bond donors (Lipinski definition) is 2. The first-order valence-electron chi connectivity index (χ1n) is 10.1. The van der Waals surface area contributed by atoms with Gasteiger partial charge in [-0.05, 0) is 49.8 Å². The molecule has 1 saturated carbocycles. The van der Waals surface area contributed by atoms with Crippen molar-refractivity contribution < 1.29 is 18.0 Å². The van der Waals surface area contributed by atoms with Crippen LogP contribution in [0, 0.1) is 5.92 Å². The van der Waals surface area contributed by atoms with E-state index in [1.165, 1.54) is 0 Å². The van der Waals surface area contributed by atoms with Crippen LogP contribution in [-0.4, -0.2) is 44.2 Å². The molecule has 2 amide bonds. The van der Waals surface area contributed by atoms with Crippen LogP contribution in [-0.2, 0) is 26.2 Å². The average molecular weight is 408 g/mol. The average Bonchev–Trinajstić information content (AvgIpc) is 3.56. The molecule has 0 unspecified atom stereocenters. The molecule has 7 nitrogen and oxygen atoms in total. The summed E-state index contributed by atoms with van der Waals surface area (Å²) in [5.74, 6) is 0.209. The summed E-state index contributed by atoms with van der Waals surface area (Å²) in [6.45, 7) is 2.05. The van der Waals surface area contributed by atoms with E-state index in [0.717, 1.165) is 37.7 Å². The topological polar surface area (TPSA) is 95.6 Å². The molecule has 154 valence electrons. The zero-order valence-electron chi connectivity index (χ0n) is 16.2. The van der Waals surface area contributed by atoms with Gasteiger partial charge < -0.3 is 10.6 Å². The van der Waals surface area contributed by atoms with Gasteiger partial charge in [0.05, 0.1) is 4.90 Å². The van der Waals surface area contributed by atoms with Crippen LogP contribution in [0.2, 0.25) is 0 Å². The quantitative estimate of drug-likeness (QED) is 0.610. The minimum Gasteiger partial charge on any atom is -0.356 e. The van der Waals surface area contributed by atoms with E-state index in [1.54, 1.807) is 28.6 Å². The number of piperidine rings is 1. The normalized spacial score (nSPS) is 17.9. The highest BCUT2D eigenvalue weighted by atomic mass is 32.2. The third-order valence-electron chi connectivity index (χ3n) is 5.19. The van der Waals surface area contributed by atoms with E-state index in [0.29, 0.717) is 43.9 Å². The lowest BCUT2D eigenvalue weighted by Gasteiger charge is -2.25. The van der Waals surface area contributed by atoms with Crippen LogP contribution >= 0.6 is 0 Å².